The summed E-state index contributed by atoms with van der Waals surface area (Å²) >= 11 is 0. The summed E-state index contributed by atoms with van der Waals surface area (Å²) < 4.78 is 5.56. The fraction of sp³-hybridized carbons (Fsp3) is 0.200. The van der Waals surface area contributed by atoms with Gasteiger partial charge < -0.3 is 21.3 Å². The quantitative estimate of drug-likeness (QED) is 0.741. The summed E-state index contributed by atoms with van der Waals surface area (Å²) in [5.41, 5.74) is 12.0. The molecule has 1 atom stereocenters. The molecular weight excluding hydrogens is 306 g/mol. The minimum absolute atomic E-state index is 0. The van der Waals surface area contributed by atoms with Crippen molar-refractivity contribution in [2.24, 2.45) is 11.5 Å². The van der Waals surface area contributed by atoms with Crippen molar-refractivity contribution >= 4 is 18.3 Å². The molecule has 1 amide bonds. The number of hydrogen-bond acceptors (Lipinski definition) is 5. The van der Waals surface area contributed by atoms with E-state index in [0.717, 1.165) is 5.56 Å². The van der Waals surface area contributed by atoms with Crippen LogP contribution in [0, 0.1) is 0 Å². The van der Waals surface area contributed by atoms with Gasteiger partial charge in [0.15, 0.2) is 0 Å². The number of primary amides is 1. The van der Waals surface area contributed by atoms with Crippen LogP contribution in [-0.4, -0.2) is 28.6 Å². The lowest BCUT2D eigenvalue weighted by Gasteiger charge is -2.09. The predicted molar refractivity (Wildman–Crippen MR) is 85.3 cm³/mol. The van der Waals surface area contributed by atoms with Crippen LogP contribution >= 0.6 is 12.4 Å². The molecule has 0 radical (unpaired) electrons. The van der Waals surface area contributed by atoms with Crippen molar-refractivity contribution in [2.45, 2.75) is 12.5 Å². The molecule has 1 aromatic carbocycles. The Morgan fingerprint density at radius 3 is 2.50 bits per heavy atom. The summed E-state index contributed by atoms with van der Waals surface area (Å²) in [5, 5.41) is 8.92. The fourth-order valence-electron chi connectivity index (χ4n) is 1.79. The number of nitrogens with zero attached hydrogens (tertiary/aromatic N) is 1. The van der Waals surface area contributed by atoms with Crippen molar-refractivity contribution in [1.29, 1.82) is 0 Å². The van der Waals surface area contributed by atoms with Gasteiger partial charge >= 0.3 is 0 Å². The average molecular weight is 324 g/mol. The number of carbonyl (C=O) groups excluding carboxylic acids is 1. The summed E-state index contributed by atoms with van der Waals surface area (Å²) in [5.74, 6) is 0.283. The van der Waals surface area contributed by atoms with Crippen LogP contribution < -0.4 is 16.2 Å². The molecule has 1 heterocycles. The van der Waals surface area contributed by atoms with Gasteiger partial charge in [0.05, 0.1) is 6.61 Å². The lowest BCUT2D eigenvalue weighted by atomic mass is 10.1. The van der Waals surface area contributed by atoms with Gasteiger partial charge in [0.2, 0.25) is 5.88 Å². The number of pyridine rings is 1. The second kappa shape index (κ2) is 8.33. The van der Waals surface area contributed by atoms with E-state index in [4.69, 9.17) is 21.3 Å². The second-order valence-electron chi connectivity index (χ2n) is 4.62. The highest BCUT2D eigenvalue weighted by molar-refractivity contribution is 5.90. The van der Waals surface area contributed by atoms with Crippen LogP contribution in [0.15, 0.2) is 42.5 Å². The number of aliphatic hydroxyl groups is 1. The SMILES string of the molecule is Cl.NC(=O)c1cccc(Oc2ccc(C[C@H](N)CO)cc2)n1. The maximum absolute atomic E-state index is 11.1. The summed E-state index contributed by atoms with van der Waals surface area (Å²) in [6.07, 6.45) is 0.589. The Kier molecular flexibility index (Phi) is 6.78. The fourth-order valence-corrected chi connectivity index (χ4v) is 1.79. The second-order valence-corrected chi connectivity index (χ2v) is 4.62. The molecule has 1 aromatic heterocycles. The number of nitrogens with two attached hydrogens (primary N) is 2. The molecule has 0 spiro atoms. The Morgan fingerprint density at radius 2 is 1.91 bits per heavy atom. The zero-order valence-corrected chi connectivity index (χ0v) is 12.6. The smallest absolute Gasteiger partial charge is 0.267 e. The molecular formula is C15H18ClN3O3. The predicted octanol–water partition coefficient (Wildman–Crippen LogP) is 1.26. The highest BCUT2D eigenvalue weighted by Crippen LogP contribution is 2.20. The van der Waals surface area contributed by atoms with Gasteiger partial charge in [0, 0.05) is 12.1 Å². The van der Waals surface area contributed by atoms with Crippen LogP contribution in [0.3, 0.4) is 0 Å². The van der Waals surface area contributed by atoms with Crippen molar-refractivity contribution in [3.05, 3.63) is 53.7 Å². The monoisotopic (exact) mass is 323 g/mol. The molecule has 0 aliphatic rings. The van der Waals surface area contributed by atoms with Crippen LogP contribution in [0.25, 0.3) is 0 Å². The minimum atomic E-state index is -0.603. The number of hydrogen-bond donors (Lipinski definition) is 3. The summed E-state index contributed by atoms with van der Waals surface area (Å²) in [7, 11) is 0. The van der Waals surface area contributed by atoms with Crippen molar-refractivity contribution in [2.75, 3.05) is 6.61 Å². The topological polar surface area (TPSA) is 111 Å². The number of aliphatic hydroxyl groups excluding tert-OH is 1. The maximum Gasteiger partial charge on any atom is 0.267 e. The molecule has 0 aliphatic carbocycles. The van der Waals surface area contributed by atoms with E-state index >= 15 is 0 Å². The van der Waals surface area contributed by atoms with Gasteiger partial charge in [-0.25, -0.2) is 4.98 Å². The first-order valence-corrected chi connectivity index (χ1v) is 6.48. The molecule has 0 fully saturated rings. The number of halogens is 1. The molecule has 5 N–H and O–H groups in total. The maximum atomic E-state index is 11.1. The molecule has 0 bridgehead atoms. The number of ether oxygens (including phenoxy) is 1. The van der Waals surface area contributed by atoms with E-state index in [9.17, 15) is 4.79 Å². The number of benzene rings is 1. The third kappa shape index (κ3) is 5.00. The molecule has 2 rings (SSSR count). The normalized spacial score (nSPS) is 11.4. The first-order chi connectivity index (χ1) is 10.1. The Morgan fingerprint density at radius 1 is 1.23 bits per heavy atom. The van der Waals surface area contributed by atoms with Crippen LogP contribution in [0.2, 0.25) is 0 Å². The highest BCUT2D eigenvalue weighted by Gasteiger charge is 2.06. The zero-order valence-electron chi connectivity index (χ0n) is 11.8. The summed E-state index contributed by atoms with van der Waals surface area (Å²) in [4.78, 5) is 15.1. The van der Waals surface area contributed by atoms with E-state index in [1.54, 1.807) is 24.3 Å². The standard InChI is InChI=1S/C15H17N3O3.ClH/c16-11(9-19)8-10-4-6-12(7-5-10)21-14-3-1-2-13(18-14)15(17)20;/h1-7,11,19H,8-9,16H2,(H2,17,20);1H/t11-;/m0./s1. The van der Waals surface area contributed by atoms with Crippen molar-refractivity contribution < 1.29 is 14.6 Å². The van der Waals surface area contributed by atoms with Crippen LogP contribution in [0.4, 0.5) is 0 Å². The van der Waals surface area contributed by atoms with Crippen molar-refractivity contribution in [1.82, 2.24) is 4.98 Å². The highest BCUT2D eigenvalue weighted by atomic mass is 35.5. The average Bonchev–Trinajstić information content (AvgIpc) is 2.49. The Labute approximate surface area is 134 Å². The molecule has 6 nitrogen and oxygen atoms in total. The van der Waals surface area contributed by atoms with E-state index in [1.807, 2.05) is 12.1 Å². The van der Waals surface area contributed by atoms with Crippen molar-refractivity contribution in [3.8, 4) is 11.6 Å². The largest absolute Gasteiger partial charge is 0.439 e. The molecule has 0 unspecified atom stereocenters. The van der Waals surface area contributed by atoms with Crippen molar-refractivity contribution in [3.63, 3.8) is 0 Å². The third-order valence-corrected chi connectivity index (χ3v) is 2.85. The molecule has 2 aromatic rings. The summed E-state index contributed by atoms with van der Waals surface area (Å²) in [6, 6.07) is 11.8. The van der Waals surface area contributed by atoms with E-state index in [1.165, 1.54) is 6.07 Å². The number of amides is 1. The van der Waals surface area contributed by atoms with Gasteiger partial charge in [0.1, 0.15) is 11.4 Å². The van der Waals surface area contributed by atoms with Gasteiger partial charge in [0.25, 0.3) is 5.91 Å². The Balaban J connectivity index is 0.00000242. The van der Waals surface area contributed by atoms with E-state index in [0.29, 0.717) is 18.1 Å². The summed E-state index contributed by atoms with van der Waals surface area (Å²) in [6.45, 7) is -0.0535. The zero-order chi connectivity index (χ0) is 15.2. The first-order valence-electron chi connectivity index (χ1n) is 6.48. The van der Waals surface area contributed by atoms with Gasteiger partial charge in [-0.2, -0.15) is 0 Å². The molecule has 7 heteroatoms. The van der Waals surface area contributed by atoms with Crippen LogP contribution in [-0.2, 0) is 6.42 Å². The Bertz CT molecular complexity index is 620. The number of carbonyl (C=O) groups is 1. The Hall–Kier alpha value is -2.15. The lowest BCUT2D eigenvalue weighted by molar-refractivity contribution is 0.0995. The molecule has 22 heavy (non-hydrogen) atoms. The van der Waals surface area contributed by atoms with E-state index < -0.39 is 5.91 Å². The molecule has 0 saturated carbocycles. The molecule has 0 aliphatic heterocycles. The van der Waals surface area contributed by atoms with Gasteiger partial charge in [-0.3, -0.25) is 4.79 Å². The first kappa shape index (κ1) is 17.9. The van der Waals surface area contributed by atoms with Crippen LogP contribution in [0.1, 0.15) is 16.1 Å². The number of rotatable bonds is 6. The van der Waals surface area contributed by atoms with Gasteiger partial charge in [-0.15, -0.1) is 12.4 Å². The third-order valence-electron chi connectivity index (χ3n) is 2.85. The van der Waals surface area contributed by atoms with Gasteiger partial charge in [-0.05, 0) is 30.2 Å². The van der Waals surface area contributed by atoms with E-state index in [-0.39, 0.29) is 30.7 Å². The number of aromatic nitrogens is 1. The van der Waals surface area contributed by atoms with E-state index in [2.05, 4.69) is 4.98 Å². The molecule has 0 saturated heterocycles. The van der Waals surface area contributed by atoms with Gasteiger partial charge in [-0.1, -0.05) is 18.2 Å². The minimum Gasteiger partial charge on any atom is -0.439 e. The molecule has 118 valence electrons. The lowest BCUT2D eigenvalue weighted by Crippen LogP contribution is -2.26. The van der Waals surface area contributed by atoms with Crippen LogP contribution in [0.5, 0.6) is 11.6 Å².